The van der Waals surface area contributed by atoms with Crippen LogP contribution in [0.25, 0.3) is 0 Å². The van der Waals surface area contributed by atoms with Gasteiger partial charge in [-0.1, -0.05) is 13.8 Å². The minimum Gasteiger partial charge on any atom is -0.298 e. The summed E-state index contributed by atoms with van der Waals surface area (Å²) in [5.41, 5.74) is 0. The number of carbonyl (C=O) groups excluding carboxylic acids is 1. The molecule has 1 fully saturated rings. The van der Waals surface area contributed by atoms with Crippen LogP contribution in [-0.2, 0) is 4.79 Å². The average molecular weight is 249 g/mol. The third-order valence-corrected chi connectivity index (χ3v) is 3.05. The van der Waals surface area contributed by atoms with Crippen LogP contribution in [0.2, 0.25) is 0 Å². The molecule has 0 aliphatic carbocycles. The molecule has 4 heteroatoms. The molecule has 76 valence electrons. The van der Waals surface area contributed by atoms with Gasteiger partial charge in [0.1, 0.15) is 5.78 Å². The first kappa shape index (κ1) is 11.1. The fourth-order valence-electron chi connectivity index (χ4n) is 1.28. The Kier molecular flexibility index (Phi) is 4.35. The summed E-state index contributed by atoms with van der Waals surface area (Å²) in [5, 5.41) is 0. The standard InChI is InChI=1S/C9H17BrN2O/c1-8(2)9(13)7-11-3-5-12(10)6-4-11/h8H,3-7H2,1-2H3. The van der Waals surface area contributed by atoms with Gasteiger partial charge in [0.15, 0.2) is 0 Å². The first-order valence-electron chi connectivity index (χ1n) is 4.75. The van der Waals surface area contributed by atoms with Gasteiger partial charge in [-0.25, -0.2) is 3.93 Å². The molecule has 1 aliphatic rings. The Morgan fingerprint density at radius 1 is 1.31 bits per heavy atom. The van der Waals surface area contributed by atoms with Gasteiger partial charge in [0.05, 0.1) is 6.54 Å². The van der Waals surface area contributed by atoms with Gasteiger partial charge in [0.2, 0.25) is 0 Å². The highest BCUT2D eigenvalue weighted by Gasteiger charge is 2.18. The number of hydrogen-bond donors (Lipinski definition) is 0. The van der Waals surface area contributed by atoms with Crippen LogP contribution in [0.3, 0.4) is 0 Å². The van der Waals surface area contributed by atoms with Gasteiger partial charge in [0.25, 0.3) is 0 Å². The van der Waals surface area contributed by atoms with Crippen molar-refractivity contribution >= 4 is 21.9 Å². The Hall–Kier alpha value is 0.0700. The van der Waals surface area contributed by atoms with E-state index in [1.807, 2.05) is 13.8 Å². The maximum Gasteiger partial charge on any atom is 0.149 e. The molecule has 3 nitrogen and oxygen atoms in total. The molecular formula is C9H17BrN2O. The van der Waals surface area contributed by atoms with E-state index in [1.165, 1.54) is 0 Å². The summed E-state index contributed by atoms with van der Waals surface area (Å²) >= 11 is 3.43. The number of halogens is 1. The Morgan fingerprint density at radius 3 is 2.31 bits per heavy atom. The molecule has 0 atom stereocenters. The van der Waals surface area contributed by atoms with Crippen LogP contribution in [0.15, 0.2) is 0 Å². The summed E-state index contributed by atoms with van der Waals surface area (Å²) in [5.74, 6) is 0.519. The van der Waals surface area contributed by atoms with E-state index in [0.29, 0.717) is 12.3 Å². The highest BCUT2D eigenvalue weighted by molar-refractivity contribution is 9.07. The van der Waals surface area contributed by atoms with Crippen molar-refractivity contribution in [3.05, 3.63) is 0 Å². The van der Waals surface area contributed by atoms with Gasteiger partial charge in [0, 0.05) is 48.2 Å². The quantitative estimate of drug-likeness (QED) is 0.701. The van der Waals surface area contributed by atoms with E-state index in [0.717, 1.165) is 26.2 Å². The fourth-order valence-corrected chi connectivity index (χ4v) is 1.60. The summed E-state index contributed by atoms with van der Waals surface area (Å²) in [7, 11) is 0. The molecule has 13 heavy (non-hydrogen) atoms. The zero-order chi connectivity index (χ0) is 9.84. The van der Waals surface area contributed by atoms with Crippen LogP contribution in [0.1, 0.15) is 13.8 Å². The molecule has 0 aromatic rings. The van der Waals surface area contributed by atoms with Crippen molar-refractivity contribution in [2.24, 2.45) is 5.92 Å². The molecule has 1 saturated heterocycles. The zero-order valence-corrected chi connectivity index (χ0v) is 9.88. The number of rotatable bonds is 3. The van der Waals surface area contributed by atoms with Gasteiger partial charge in [-0.05, 0) is 0 Å². The van der Waals surface area contributed by atoms with Crippen molar-refractivity contribution < 1.29 is 4.79 Å². The van der Waals surface area contributed by atoms with Gasteiger partial charge in [-0.15, -0.1) is 0 Å². The molecule has 0 saturated carbocycles. The lowest BCUT2D eigenvalue weighted by Crippen LogP contribution is -2.44. The van der Waals surface area contributed by atoms with E-state index < -0.39 is 0 Å². The van der Waals surface area contributed by atoms with Crippen molar-refractivity contribution in [1.82, 2.24) is 8.83 Å². The minimum atomic E-state index is 0.169. The van der Waals surface area contributed by atoms with Crippen molar-refractivity contribution in [3.8, 4) is 0 Å². The summed E-state index contributed by atoms with van der Waals surface area (Å²) in [6, 6.07) is 0. The molecular weight excluding hydrogens is 232 g/mol. The van der Waals surface area contributed by atoms with Crippen LogP contribution < -0.4 is 0 Å². The summed E-state index contributed by atoms with van der Waals surface area (Å²) in [4.78, 5) is 13.6. The Bertz CT molecular complexity index is 176. The molecule has 0 amide bonds. The number of piperazine rings is 1. The fraction of sp³-hybridized carbons (Fsp3) is 0.889. The predicted octanol–water partition coefficient (Wildman–Crippen LogP) is 1.14. The molecule has 0 spiro atoms. The summed E-state index contributed by atoms with van der Waals surface area (Å²) < 4.78 is 2.11. The molecule has 0 unspecified atom stereocenters. The number of ketones is 1. The van der Waals surface area contributed by atoms with Crippen LogP contribution in [-0.4, -0.2) is 47.3 Å². The van der Waals surface area contributed by atoms with Crippen molar-refractivity contribution in [2.75, 3.05) is 32.7 Å². The second kappa shape index (κ2) is 5.08. The van der Waals surface area contributed by atoms with E-state index in [-0.39, 0.29) is 5.92 Å². The lowest BCUT2D eigenvalue weighted by Gasteiger charge is -2.30. The lowest BCUT2D eigenvalue weighted by molar-refractivity contribution is -0.123. The average Bonchev–Trinajstić information content (AvgIpc) is 2.08. The van der Waals surface area contributed by atoms with Gasteiger partial charge >= 0.3 is 0 Å². The number of nitrogens with zero attached hydrogens (tertiary/aromatic N) is 2. The normalized spacial score (nSPS) is 20.9. The van der Waals surface area contributed by atoms with Crippen molar-refractivity contribution in [1.29, 1.82) is 0 Å². The number of carbonyl (C=O) groups is 1. The first-order valence-corrected chi connectivity index (χ1v) is 5.46. The lowest BCUT2D eigenvalue weighted by atomic mass is 10.1. The number of hydrogen-bond acceptors (Lipinski definition) is 3. The third kappa shape index (κ3) is 3.75. The second-order valence-corrected chi connectivity index (χ2v) is 4.81. The van der Waals surface area contributed by atoms with Crippen molar-refractivity contribution in [2.45, 2.75) is 13.8 Å². The number of Topliss-reactive ketones (excluding diaryl/α,β-unsaturated/α-hetero) is 1. The Morgan fingerprint density at radius 2 is 1.85 bits per heavy atom. The van der Waals surface area contributed by atoms with Crippen LogP contribution in [0.4, 0.5) is 0 Å². The molecule has 0 N–H and O–H groups in total. The van der Waals surface area contributed by atoms with E-state index in [4.69, 9.17) is 0 Å². The second-order valence-electron chi connectivity index (χ2n) is 3.81. The minimum absolute atomic E-state index is 0.169. The highest BCUT2D eigenvalue weighted by Crippen LogP contribution is 2.06. The van der Waals surface area contributed by atoms with Crippen LogP contribution in [0, 0.1) is 5.92 Å². The summed E-state index contributed by atoms with van der Waals surface area (Å²) in [6.45, 7) is 8.54. The predicted molar refractivity (Wildman–Crippen MR) is 56.8 cm³/mol. The SMILES string of the molecule is CC(C)C(=O)CN1CCN(Br)CC1. The van der Waals surface area contributed by atoms with E-state index >= 15 is 0 Å². The Labute approximate surface area is 88.4 Å². The van der Waals surface area contributed by atoms with Crippen molar-refractivity contribution in [3.63, 3.8) is 0 Å². The largest absolute Gasteiger partial charge is 0.298 e. The molecule has 0 radical (unpaired) electrons. The van der Waals surface area contributed by atoms with Crippen LogP contribution in [0.5, 0.6) is 0 Å². The summed E-state index contributed by atoms with van der Waals surface area (Å²) in [6.07, 6.45) is 0. The third-order valence-electron chi connectivity index (χ3n) is 2.34. The molecule has 0 aromatic heterocycles. The molecule has 1 rings (SSSR count). The Balaban J connectivity index is 2.26. The maximum atomic E-state index is 11.4. The topological polar surface area (TPSA) is 23.6 Å². The van der Waals surface area contributed by atoms with E-state index in [9.17, 15) is 4.79 Å². The first-order chi connectivity index (χ1) is 6.09. The van der Waals surface area contributed by atoms with Gasteiger partial charge in [-0.3, -0.25) is 9.69 Å². The van der Waals surface area contributed by atoms with Crippen LogP contribution >= 0.6 is 16.1 Å². The zero-order valence-electron chi connectivity index (χ0n) is 8.29. The molecule has 0 aromatic carbocycles. The molecule has 0 bridgehead atoms. The highest BCUT2D eigenvalue weighted by atomic mass is 79.9. The van der Waals surface area contributed by atoms with E-state index in [2.05, 4.69) is 25.0 Å². The van der Waals surface area contributed by atoms with Gasteiger partial charge < -0.3 is 0 Å². The molecule has 1 aliphatic heterocycles. The van der Waals surface area contributed by atoms with E-state index in [1.54, 1.807) is 0 Å². The molecule has 1 heterocycles. The van der Waals surface area contributed by atoms with Gasteiger partial charge in [-0.2, -0.15) is 0 Å². The maximum absolute atomic E-state index is 11.4. The monoisotopic (exact) mass is 248 g/mol. The smallest absolute Gasteiger partial charge is 0.149 e.